The van der Waals surface area contributed by atoms with Crippen molar-refractivity contribution in [2.45, 2.75) is 31.7 Å². The van der Waals surface area contributed by atoms with E-state index in [-0.39, 0.29) is 18.9 Å². The summed E-state index contributed by atoms with van der Waals surface area (Å²) >= 11 is 0. The van der Waals surface area contributed by atoms with E-state index in [0.717, 1.165) is 12.8 Å². The summed E-state index contributed by atoms with van der Waals surface area (Å²) < 4.78 is 46.2. The van der Waals surface area contributed by atoms with E-state index in [2.05, 4.69) is 6.92 Å². The molecular weight excluding hydrogens is 204 g/mol. The fourth-order valence-corrected chi connectivity index (χ4v) is 1.16. The summed E-state index contributed by atoms with van der Waals surface area (Å²) in [5.41, 5.74) is 0. The van der Waals surface area contributed by atoms with Gasteiger partial charge in [0, 0.05) is 13.2 Å². The average Bonchev–Trinajstić information content (AvgIpc) is 2.14. The topological polar surface area (TPSA) is 18.5 Å². The van der Waals surface area contributed by atoms with E-state index >= 15 is 0 Å². The fraction of sp³-hybridized carbons (Fsp3) is 0.889. The predicted octanol–water partition coefficient (Wildman–Crippen LogP) is -0.454. The van der Waals surface area contributed by atoms with E-state index in [0.29, 0.717) is 13.0 Å². The molecule has 0 N–H and O–H groups in total. The second-order valence-corrected chi connectivity index (χ2v) is 3.37. The van der Waals surface area contributed by atoms with Crippen molar-refractivity contribution in [3.8, 4) is 0 Å². The van der Waals surface area contributed by atoms with Crippen molar-refractivity contribution in [2.75, 3.05) is 13.2 Å². The third-order valence-electron chi connectivity index (χ3n) is 2.08. The third-order valence-corrected chi connectivity index (χ3v) is 2.08. The van der Waals surface area contributed by atoms with Crippen LogP contribution in [-0.2, 0) is 9.47 Å². The van der Waals surface area contributed by atoms with Crippen LogP contribution in [0.3, 0.4) is 0 Å². The second kappa shape index (κ2) is 6.80. The molecule has 6 heteroatoms. The van der Waals surface area contributed by atoms with E-state index in [4.69, 9.17) is 9.47 Å². The molecule has 0 amide bonds. The van der Waals surface area contributed by atoms with Crippen molar-refractivity contribution < 1.29 is 41.5 Å². The first kappa shape index (κ1) is 15.3. The minimum Gasteiger partial charge on any atom is -0.355 e. The second-order valence-electron chi connectivity index (χ2n) is 3.37. The standard InChI is InChI=1S/C9H14F3O2.Li/c1-7(9(10,11)12)6-14-8-4-2-3-5-13-8;/h7-8H,1-6H2;/q-1;+1/t7-,8?;/m0./s1. The normalized spacial score (nSPS) is 24.4. The molecule has 0 aromatic heterocycles. The van der Waals surface area contributed by atoms with Gasteiger partial charge in [-0.15, -0.1) is 0 Å². The summed E-state index contributed by atoms with van der Waals surface area (Å²) in [6.07, 6.45) is -2.19. The first-order chi connectivity index (χ1) is 6.50. The van der Waals surface area contributed by atoms with Crippen LogP contribution in [0.4, 0.5) is 13.2 Å². The Labute approximate surface area is 99.7 Å². The van der Waals surface area contributed by atoms with Crippen molar-refractivity contribution in [1.82, 2.24) is 0 Å². The average molecular weight is 218 g/mol. The van der Waals surface area contributed by atoms with Crippen LogP contribution in [0.2, 0.25) is 0 Å². The van der Waals surface area contributed by atoms with Crippen LogP contribution < -0.4 is 18.9 Å². The minimum absolute atomic E-state index is 0. The Morgan fingerprint density at radius 2 is 2.07 bits per heavy atom. The molecule has 1 heterocycles. The number of hydrogen-bond donors (Lipinski definition) is 0. The summed E-state index contributed by atoms with van der Waals surface area (Å²) in [7, 11) is 0. The number of alkyl halides is 3. The van der Waals surface area contributed by atoms with Crippen LogP contribution in [0.15, 0.2) is 0 Å². The molecule has 1 aliphatic heterocycles. The van der Waals surface area contributed by atoms with Crippen molar-refractivity contribution in [3.63, 3.8) is 0 Å². The maximum Gasteiger partial charge on any atom is 1.00 e. The van der Waals surface area contributed by atoms with E-state index in [1.165, 1.54) is 0 Å². The molecule has 1 unspecified atom stereocenters. The van der Waals surface area contributed by atoms with Crippen LogP contribution in [0.25, 0.3) is 0 Å². The molecule has 0 aromatic carbocycles. The molecule has 2 nitrogen and oxygen atoms in total. The third kappa shape index (κ3) is 5.81. The van der Waals surface area contributed by atoms with Crippen molar-refractivity contribution in [1.29, 1.82) is 0 Å². The summed E-state index contributed by atoms with van der Waals surface area (Å²) in [5.74, 6) is -1.67. The largest absolute Gasteiger partial charge is 1.00 e. The minimum atomic E-state index is -4.28. The molecule has 0 bridgehead atoms. The van der Waals surface area contributed by atoms with Gasteiger partial charge >= 0.3 is 25.0 Å². The Kier molecular flexibility index (Phi) is 6.94. The molecule has 0 saturated carbocycles. The first-order valence-electron chi connectivity index (χ1n) is 4.63. The van der Waals surface area contributed by atoms with Crippen molar-refractivity contribution in [3.05, 3.63) is 6.92 Å². The molecule has 15 heavy (non-hydrogen) atoms. The van der Waals surface area contributed by atoms with Gasteiger partial charge in [0.05, 0.1) is 0 Å². The van der Waals surface area contributed by atoms with E-state index in [9.17, 15) is 13.2 Å². The summed E-state index contributed by atoms with van der Waals surface area (Å²) in [6, 6.07) is 0. The Bertz CT molecular complexity index is 169. The molecule has 1 saturated heterocycles. The van der Waals surface area contributed by atoms with Gasteiger partial charge in [-0.2, -0.15) is 13.2 Å². The zero-order chi connectivity index (χ0) is 10.6. The van der Waals surface area contributed by atoms with Gasteiger partial charge in [0.25, 0.3) is 0 Å². The fourth-order valence-electron chi connectivity index (χ4n) is 1.16. The van der Waals surface area contributed by atoms with E-state index in [1.807, 2.05) is 0 Å². The zero-order valence-electron chi connectivity index (χ0n) is 8.85. The maximum absolute atomic E-state index is 12.0. The van der Waals surface area contributed by atoms with Gasteiger partial charge in [-0.3, -0.25) is 0 Å². The summed E-state index contributed by atoms with van der Waals surface area (Å²) in [4.78, 5) is 0. The van der Waals surface area contributed by atoms with Gasteiger partial charge in [0.2, 0.25) is 0 Å². The number of rotatable bonds is 3. The van der Waals surface area contributed by atoms with Crippen LogP contribution in [0.5, 0.6) is 0 Å². The molecule has 0 radical (unpaired) electrons. The molecular formula is C9H14F3LiO2. The molecule has 0 spiro atoms. The molecule has 0 aliphatic carbocycles. The Hall–Kier alpha value is 0.307. The Balaban J connectivity index is 0.00000196. The maximum atomic E-state index is 12.0. The van der Waals surface area contributed by atoms with Crippen LogP contribution in [0.1, 0.15) is 19.3 Å². The molecule has 2 atom stereocenters. The Morgan fingerprint density at radius 3 is 2.53 bits per heavy atom. The summed E-state index contributed by atoms with van der Waals surface area (Å²) in [5, 5.41) is 0. The number of ether oxygens (including phenoxy) is 2. The van der Waals surface area contributed by atoms with Gasteiger partial charge in [0.1, 0.15) is 0 Å². The van der Waals surface area contributed by atoms with E-state index < -0.39 is 25.0 Å². The molecule has 1 aliphatic rings. The zero-order valence-corrected chi connectivity index (χ0v) is 8.85. The molecule has 0 aromatic rings. The quantitative estimate of drug-likeness (QED) is 0.471. The van der Waals surface area contributed by atoms with Crippen molar-refractivity contribution in [2.24, 2.45) is 5.92 Å². The monoisotopic (exact) mass is 218 g/mol. The smallest absolute Gasteiger partial charge is 0.355 e. The summed E-state index contributed by atoms with van der Waals surface area (Å²) in [6.45, 7) is 3.13. The Morgan fingerprint density at radius 1 is 1.40 bits per heavy atom. The predicted molar refractivity (Wildman–Crippen MR) is 44.4 cm³/mol. The van der Waals surface area contributed by atoms with Crippen LogP contribution in [-0.4, -0.2) is 25.7 Å². The van der Waals surface area contributed by atoms with Gasteiger partial charge in [0.15, 0.2) is 6.29 Å². The van der Waals surface area contributed by atoms with Crippen LogP contribution >= 0.6 is 0 Å². The van der Waals surface area contributed by atoms with Gasteiger partial charge < -0.3 is 16.4 Å². The van der Waals surface area contributed by atoms with Crippen LogP contribution in [0, 0.1) is 12.8 Å². The van der Waals surface area contributed by atoms with Crippen molar-refractivity contribution >= 4 is 0 Å². The SMILES string of the molecule is [CH2-][C@@H](COC1CCCCO1)C(F)(F)F.[Li+]. The number of halogens is 3. The van der Waals surface area contributed by atoms with E-state index in [1.54, 1.807) is 0 Å². The van der Waals surface area contributed by atoms with Gasteiger partial charge in [-0.25, -0.2) is 0 Å². The molecule has 84 valence electrons. The molecule has 1 fully saturated rings. The molecule has 1 rings (SSSR count). The van der Waals surface area contributed by atoms with Gasteiger partial charge in [-0.1, -0.05) is 0 Å². The number of hydrogen-bond acceptors (Lipinski definition) is 2. The first-order valence-corrected chi connectivity index (χ1v) is 4.63. The van der Waals surface area contributed by atoms with Gasteiger partial charge in [-0.05, 0) is 25.2 Å².